The van der Waals surface area contributed by atoms with Crippen molar-refractivity contribution < 1.29 is 28.7 Å². The number of aryl methyl sites for hydroxylation is 1. The fourth-order valence-electron chi connectivity index (χ4n) is 3.78. The fourth-order valence-corrected chi connectivity index (χ4v) is 4.73. The molecule has 1 aromatic heterocycles. The van der Waals surface area contributed by atoms with Crippen molar-refractivity contribution in [3.05, 3.63) is 45.1 Å². The summed E-state index contributed by atoms with van der Waals surface area (Å²) in [7, 11) is 0. The maximum Gasteiger partial charge on any atom is 0.407 e. The lowest BCUT2D eigenvalue weighted by Crippen LogP contribution is -2.44. The van der Waals surface area contributed by atoms with Gasteiger partial charge in [-0.05, 0) is 76.4 Å². The highest BCUT2D eigenvalue weighted by atomic mass is 35.5. The second-order valence-electron chi connectivity index (χ2n) is 9.79. The number of nitrogens with zero attached hydrogens (tertiary/aromatic N) is 1. The molecule has 38 heavy (non-hydrogen) atoms. The highest BCUT2D eigenvalue weighted by Crippen LogP contribution is 2.25. The van der Waals surface area contributed by atoms with Gasteiger partial charge in [-0.25, -0.2) is 4.79 Å². The van der Waals surface area contributed by atoms with Gasteiger partial charge in [0.2, 0.25) is 5.91 Å². The number of carbonyl (C=O) groups excluding carboxylic acids is 4. The van der Waals surface area contributed by atoms with Crippen molar-refractivity contribution in [1.29, 1.82) is 0 Å². The van der Waals surface area contributed by atoms with Gasteiger partial charge < -0.3 is 30.3 Å². The SMILES string of the molecule is Cc1cc(NC(=O)C(CCCNC(=O)OC(C)(C)C)NC(=O)c2ccc(Cl)s2)ccc1N1CCOCC1=O. The van der Waals surface area contributed by atoms with Gasteiger partial charge >= 0.3 is 6.09 Å². The molecule has 3 N–H and O–H groups in total. The summed E-state index contributed by atoms with van der Waals surface area (Å²) >= 11 is 7.07. The number of carbonyl (C=O) groups is 4. The molecule has 1 aliphatic rings. The van der Waals surface area contributed by atoms with Crippen LogP contribution in [-0.2, 0) is 19.1 Å². The van der Waals surface area contributed by atoms with Gasteiger partial charge in [0, 0.05) is 24.5 Å². The van der Waals surface area contributed by atoms with E-state index in [1.54, 1.807) is 56.0 Å². The molecule has 0 saturated carbocycles. The molecule has 10 nitrogen and oxygen atoms in total. The van der Waals surface area contributed by atoms with Gasteiger partial charge in [0.25, 0.3) is 11.8 Å². The smallest absolute Gasteiger partial charge is 0.407 e. The number of anilines is 2. The summed E-state index contributed by atoms with van der Waals surface area (Å²) in [5, 5.41) is 8.28. The summed E-state index contributed by atoms with van der Waals surface area (Å²) in [6.07, 6.45) is 0.135. The summed E-state index contributed by atoms with van der Waals surface area (Å²) in [5.41, 5.74) is 1.48. The molecule has 4 amide bonds. The zero-order valence-electron chi connectivity index (χ0n) is 21.9. The lowest BCUT2D eigenvalue weighted by Gasteiger charge is -2.28. The summed E-state index contributed by atoms with van der Waals surface area (Å²) in [6.45, 7) is 8.39. The summed E-state index contributed by atoms with van der Waals surface area (Å²) in [4.78, 5) is 52.1. The van der Waals surface area contributed by atoms with Crippen LogP contribution in [0.25, 0.3) is 0 Å². The number of hydrogen-bond acceptors (Lipinski definition) is 7. The summed E-state index contributed by atoms with van der Waals surface area (Å²) < 4.78 is 10.9. The number of rotatable bonds is 9. The second-order valence-corrected chi connectivity index (χ2v) is 11.5. The van der Waals surface area contributed by atoms with Gasteiger partial charge in [-0.1, -0.05) is 11.6 Å². The number of amides is 4. The Bertz CT molecular complexity index is 1180. The lowest BCUT2D eigenvalue weighted by atomic mass is 10.1. The van der Waals surface area contributed by atoms with Crippen LogP contribution >= 0.6 is 22.9 Å². The Kier molecular flexibility index (Phi) is 10.1. The molecule has 1 fully saturated rings. The highest BCUT2D eigenvalue weighted by Gasteiger charge is 2.24. The molecule has 2 aromatic rings. The largest absolute Gasteiger partial charge is 0.444 e. The summed E-state index contributed by atoms with van der Waals surface area (Å²) in [6, 6.07) is 7.61. The van der Waals surface area contributed by atoms with Crippen molar-refractivity contribution in [2.75, 3.05) is 36.5 Å². The Morgan fingerprint density at radius 1 is 1.21 bits per heavy atom. The minimum atomic E-state index is -0.871. The zero-order chi connectivity index (χ0) is 27.9. The monoisotopic (exact) mass is 564 g/mol. The molecule has 0 spiro atoms. The van der Waals surface area contributed by atoms with Crippen LogP contribution in [0.5, 0.6) is 0 Å². The van der Waals surface area contributed by atoms with E-state index in [1.165, 1.54) is 0 Å². The number of thiophene rings is 1. The number of nitrogens with one attached hydrogen (secondary N) is 3. The first-order valence-electron chi connectivity index (χ1n) is 12.3. The molecule has 0 aliphatic carbocycles. The number of halogens is 1. The summed E-state index contributed by atoms with van der Waals surface area (Å²) in [5.74, 6) is -0.944. The third-order valence-corrected chi connectivity index (χ3v) is 6.73. The van der Waals surface area contributed by atoms with Gasteiger partial charge in [0.05, 0.1) is 15.8 Å². The van der Waals surface area contributed by atoms with Crippen LogP contribution < -0.4 is 20.9 Å². The maximum atomic E-state index is 13.2. The number of ether oxygens (including phenoxy) is 2. The number of benzene rings is 1. The van der Waals surface area contributed by atoms with Gasteiger partial charge in [0.15, 0.2) is 0 Å². The Labute approximate surface area is 231 Å². The second kappa shape index (κ2) is 13.1. The lowest BCUT2D eigenvalue weighted by molar-refractivity contribution is -0.125. The van der Waals surface area contributed by atoms with Crippen LogP contribution in [0.3, 0.4) is 0 Å². The topological polar surface area (TPSA) is 126 Å². The van der Waals surface area contributed by atoms with Crippen LogP contribution in [0.2, 0.25) is 4.34 Å². The van der Waals surface area contributed by atoms with Crippen LogP contribution in [0.1, 0.15) is 48.8 Å². The van der Waals surface area contributed by atoms with Gasteiger partial charge in [0.1, 0.15) is 18.2 Å². The molecule has 12 heteroatoms. The number of alkyl carbamates (subject to hydrolysis) is 1. The maximum absolute atomic E-state index is 13.2. The molecule has 0 radical (unpaired) electrons. The number of morpholine rings is 1. The van der Waals surface area contributed by atoms with Crippen LogP contribution in [-0.4, -0.2) is 61.8 Å². The van der Waals surface area contributed by atoms with E-state index in [-0.39, 0.29) is 25.5 Å². The molecule has 1 aliphatic heterocycles. The van der Waals surface area contributed by atoms with Crippen LogP contribution in [0.4, 0.5) is 16.2 Å². The quantitative estimate of drug-likeness (QED) is 0.393. The number of hydrogen-bond donors (Lipinski definition) is 3. The standard InChI is InChI=1S/C26H33ClN4O6S/c1-16-14-17(7-8-19(16)31-12-13-36-15-22(31)32)29-23(33)18(30-24(34)20-9-10-21(27)38-20)6-5-11-28-25(35)37-26(2,3)4/h7-10,14,18H,5-6,11-13,15H2,1-4H3,(H,28,35)(H,29,33)(H,30,34). The molecule has 3 rings (SSSR count). The molecule has 1 aromatic carbocycles. The van der Waals surface area contributed by atoms with E-state index in [0.29, 0.717) is 34.5 Å². The third kappa shape index (κ3) is 8.71. The fraction of sp³-hybridized carbons (Fsp3) is 0.462. The van der Waals surface area contributed by atoms with E-state index in [2.05, 4.69) is 16.0 Å². The first-order chi connectivity index (χ1) is 17.9. The van der Waals surface area contributed by atoms with Crippen molar-refractivity contribution in [1.82, 2.24) is 10.6 Å². The normalized spacial score (nSPS) is 14.6. The van der Waals surface area contributed by atoms with Crippen LogP contribution in [0.15, 0.2) is 30.3 Å². The highest BCUT2D eigenvalue weighted by molar-refractivity contribution is 7.18. The van der Waals surface area contributed by atoms with E-state index in [9.17, 15) is 19.2 Å². The molecule has 206 valence electrons. The average Bonchev–Trinajstić information content (AvgIpc) is 3.27. The van der Waals surface area contributed by atoms with E-state index < -0.39 is 29.6 Å². The first kappa shape index (κ1) is 29.4. The molecule has 1 atom stereocenters. The molecule has 1 saturated heterocycles. The zero-order valence-corrected chi connectivity index (χ0v) is 23.5. The van der Waals surface area contributed by atoms with Crippen LogP contribution in [0, 0.1) is 6.92 Å². The first-order valence-corrected chi connectivity index (χ1v) is 13.4. The molecular weight excluding hydrogens is 532 g/mol. The third-order valence-electron chi connectivity index (χ3n) is 5.50. The van der Waals surface area contributed by atoms with Crippen molar-refractivity contribution >= 4 is 58.1 Å². The molecule has 0 bridgehead atoms. The van der Waals surface area contributed by atoms with Gasteiger partial charge in [-0.3, -0.25) is 14.4 Å². The van der Waals surface area contributed by atoms with Crippen molar-refractivity contribution in [3.63, 3.8) is 0 Å². The van der Waals surface area contributed by atoms with Crippen molar-refractivity contribution in [2.45, 2.75) is 52.2 Å². The minimum Gasteiger partial charge on any atom is -0.444 e. The molecule has 1 unspecified atom stereocenters. The van der Waals surface area contributed by atoms with E-state index >= 15 is 0 Å². The Hall–Kier alpha value is -3.15. The average molecular weight is 565 g/mol. The minimum absolute atomic E-state index is 0.0392. The Morgan fingerprint density at radius 3 is 2.61 bits per heavy atom. The molecule has 2 heterocycles. The predicted octanol–water partition coefficient (Wildman–Crippen LogP) is 4.12. The van der Waals surface area contributed by atoms with Crippen molar-refractivity contribution in [2.24, 2.45) is 0 Å². The van der Waals surface area contributed by atoms with Gasteiger partial charge in [-0.2, -0.15) is 0 Å². The van der Waals surface area contributed by atoms with Crippen molar-refractivity contribution in [3.8, 4) is 0 Å². The van der Waals surface area contributed by atoms with E-state index in [4.69, 9.17) is 21.1 Å². The van der Waals surface area contributed by atoms with E-state index in [1.807, 2.05) is 6.92 Å². The van der Waals surface area contributed by atoms with Gasteiger partial charge in [-0.15, -0.1) is 11.3 Å². The van der Waals surface area contributed by atoms with E-state index in [0.717, 1.165) is 22.6 Å². The Balaban J connectivity index is 1.65. The predicted molar refractivity (Wildman–Crippen MR) is 147 cm³/mol. The Morgan fingerprint density at radius 2 is 1.97 bits per heavy atom. The molecular formula is C26H33ClN4O6S.